The summed E-state index contributed by atoms with van der Waals surface area (Å²) in [5.74, 6) is 1.33. The Labute approximate surface area is 164 Å². The van der Waals surface area contributed by atoms with Crippen molar-refractivity contribution in [1.82, 2.24) is 15.5 Å². The number of hydrogen-bond acceptors (Lipinski definition) is 4. The highest BCUT2D eigenvalue weighted by Crippen LogP contribution is 2.26. The van der Waals surface area contributed by atoms with Crippen molar-refractivity contribution in [3.63, 3.8) is 0 Å². The lowest BCUT2D eigenvalue weighted by atomic mass is 10.0. The lowest BCUT2D eigenvalue weighted by Crippen LogP contribution is -2.53. The molecule has 4 N–H and O–H groups in total. The normalized spacial score (nSPS) is 17.6. The van der Waals surface area contributed by atoms with Gasteiger partial charge < -0.3 is 26.0 Å². The van der Waals surface area contributed by atoms with Gasteiger partial charge in [0.1, 0.15) is 11.5 Å². The molecule has 28 heavy (non-hydrogen) atoms. The molecule has 2 aromatic carbocycles. The number of nitrogens with two attached hydrogens (primary N) is 1. The third-order valence-electron chi connectivity index (χ3n) is 4.76. The minimum atomic E-state index is -0.666. The molecule has 0 radical (unpaired) electrons. The fourth-order valence-electron chi connectivity index (χ4n) is 3.35. The molecule has 0 aliphatic carbocycles. The number of nitrogens with zero attached hydrogens (tertiary/aromatic N) is 1. The second kappa shape index (κ2) is 9.23. The number of nitrogens with one attached hydrogen (secondary N) is 2. The Morgan fingerprint density at radius 3 is 2.68 bits per heavy atom. The predicted octanol–water partition coefficient (Wildman–Crippen LogP) is 2.40. The zero-order valence-electron chi connectivity index (χ0n) is 15.9. The van der Waals surface area contributed by atoms with Crippen LogP contribution in [0.2, 0.25) is 0 Å². The minimum Gasteiger partial charge on any atom is -0.457 e. The van der Waals surface area contributed by atoms with Gasteiger partial charge in [0, 0.05) is 25.7 Å². The first kappa shape index (κ1) is 19.7. The highest BCUT2D eigenvalue weighted by Gasteiger charge is 2.26. The van der Waals surface area contributed by atoms with Crippen molar-refractivity contribution in [3.8, 4) is 11.5 Å². The summed E-state index contributed by atoms with van der Waals surface area (Å²) in [5.41, 5.74) is 6.12. The highest BCUT2D eigenvalue weighted by atomic mass is 16.5. The monoisotopic (exact) mass is 382 g/mol. The van der Waals surface area contributed by atoms with Crippen LogP contribution in [0.15, 0.2) is 54.6 Å². The Hall–Kier alpha value is -3.06. The maximum Gasteiger partial charge on any atom is 0.312 e. The van der Waals surface area contributed by atoms with Gasteiger partial charge in [-0.3, -0.25) is 4.79 Å². The summed E-state index contributed by atoms with van der Waals surface area (Å²) in [6, 6.07) is 15.7. The number of para-hydroxylation sites is 1. The molecular weight excluding hydrogens is 356 g/mol. The second-order valence-corrected chi connectivity index (χ2v) is 6.89. The van der Waals surface area contributed by atoms with Crippen LogP contribution in [0, 0.1) is 0 Å². The summed E-state index contributed by atoms with van der Waals surface area (Å²) in [6.07, 6.45) is 0.141. The second-order valence-electron chi connectivity index (χ2n) is 6.89. The van der Waals surface area contributed by atoms with Crippen molar-refractivity contribution >= 4 is 11.9 Å². The van der Waals surface area contributed by atoms with Gasteiger partial charge in [-0.15, -0.1) is 0 Å². The number of primary amides is 1. The molecule has 0 saturated carbocycles. The predicted molar refractivity (Wildman–Crippen MR) is 107 cm³/mol. The molecule has 1 heterocycles. The summed E-state index contributed by atoms with van der Waals surface area (Å²) in [4.78, 5) is 26.2. The van der Waals surface area contributed by atoms with Gasteiger partial charge in [-0.1, -0.05) is 30.3 Å². The van der Waals surface area contributed by atoms with E-state index in [9.17, 15) is 9.59 Å². The van der Waals surface area contributed by atoms with Crippen LogP contribution in [-0.2, 0) is 4.79 Å². The largest absolute Gasteiger partial charge is 0.457 e. The van der Waals surface area contributed by atoms with E-state index in [0.717, 1.165) is 18.7 Å². The van der Waals surface area contributed by atoms with Crippen LogP contribution in [0.1, 0.15) is 24.9 Å². The van der Waals surface area contributed by atoms with Crippen molar-refractivity contribution in [3.05, 3.63) is 60.2 Å². The van der Waals surface area contributed by atoms with Gasteiger partial charge in [0.15, 0.2) is 0 Å². The lowest BCUT2D eigenvalue weighted by molar-refractivity contribution is -0.134. The van der Waals surface area contributed by atoms with E-state index >= 15 is 0 Å². The van der Waals surface area contributed by atoms with E-state index in [2.05, 4.69) is 10.6 Å². The molecule has 2 atom stereocenters. The van der Waals surface area contributed by atoms with Crippen LogP contribution in [0.5, 0.6) is 11.5 Å². The van der Waals surface area contributed by atoms with Gasteiger partial charge in [0.2, 0.25) is 5.91 Å². The standard InChI is InChI=1S/C21H26N4O3/c1-15-14-23-10-11-25(15)20(26)13-19(24-21(22)27)16-6-5-9-18(12-16)28-17-7-3-2-4-8-17/h2-9,12,15,19,23H,10-11,13-14H2,1H3,(H3,22,24,27). The molecule has 3 amide bonds. The first-order valence-corrected chi connectivity index (χ1v) is 9.42. The lowest BCUT2D eigenvalue weighted by Gasteiger charge is -2.35. The summed E-state index contributed by atoms with van der Waals surface area (Å²) >= 11 is 0. The number of rotatable bonds is 6. The first-order valence-electron chi connectivity index (χ1n) is 9.42. The molecule has 1 aliphatic rings. The molecule has 1 fully saturated rings. The number of hydrogen-bond donors (Lipinski definition) is 3. The van der Waals surface area contributed by atoms with Gasteiger partial charge in [-0.05, 0) is 36.8 Å². The average Bonchev–Trinajstić information content (AvgIpc) is 2.68. The minimum absolute atomic E-state index is 0.0119. The van der Waals surface area contributed by atoms with Crippen LogP contribution in [-0.4, -0.2) is 42.5 Å². The molecular formula is C21H26N4O3. The molecule has 0 spiro atoms. The Kier molecular flexibility index (Phi) is 6.49. The molecule has 1 saturated heterocycles. The van der Waals surface area contributed by atoms with Crippen LogP contribution >= 0.6 is 0 Å². The maximum atomic E-state index is 12.8. The number of urea groups is 1. The van der Waals surface area contributed by atoms with E-state index in [-0.39, 0.29) is 18.4 Å². The van der Waals surface area contributed by atoms with E-state index in [0.29, 0.717) is 18.0 Å². The first-order chi connectivity index (χ1) is 13.5. The van der Waals surface area contributed by atoms with Crippen LogP contribution in [0.25, 0.3) is 0 Å². The van der Waals surface area contributed by atoms with E-state index < -0.39 is 12.1 Å². The number of piperazine rings is 1. The SMILES string of the molecule is CC1CNCCN1C(=O)CC(NC(N)=O)c1cccc(Oc2ccccc2)c1. The third kappa shape index (κ3) is 5.23. The molecule has 148 valence electrons. The van der Waals surface area contributed by atoms with E-state index in [1.807, 2.05) is 66.4 Å². The topological polar surface area (TPSA) is 96.7 Å². The Morgan fingerprint density at radius 2 is 1.96 bits per heavy atom. The van der Waals surface area contributed by atoms with Crippen molar-refractivity contribution < 1.29 is 14.3 Å². The quantitative estimate of drug-likeness (QED) is 0.715. The van der Waals surface area contributed by atoms with Gasteiger partial charge in [0.25, 0.3) is 0 Å². The van der Waals surface area contributed by atoms with Crippen molar-refractivity contribution in [2.45, 2.75) is 25.4 Å². The molecule has 7 nitrogen and oxygen atoms in total. The number of amides is 3. The van der Waals surface area contributed by atoms with Crippen molar-refractivity contribution in [2.24, 2.45) is 5.73 Å². The number of carbonyl (C=O) groups excluding carboxylic acids is 2. The Morgan fingerprint density at radius 1 is 1.21 bits per heavy atom. The molecule has 2 unspecified atom stereocenters. The Bertz CT molecular complexity index is 812. The van der Waals surface area contributed by atoms with Crippen LogP contribution < -0.4 is 21.1 Å². The van der Waals surface area contributed by atoms with Gasteiger partial charge in [0.05, 0.1) is 12.5 Å². The summed E-state index contributed by atoms with van der Waals surface area (Å²) < 4.78 is 5.86. The van der Waals surface area contributed by atoms with E-state index in [4.69, 9.17) is 10.5 Å². The Balaban J connectivity index is 1.76. The summed E-state index contributed by atoms with van der Waals surface area (Å²) in [6.45, 7) is 4.19. The van der Waals surface area contributed by atoms with Gasteiger partial charge >= 0.3 is 6.03 Å². The number of benzene rings is 2. The molecule has 3 rings (SSSR count). The zero-order valence-corrected chi connectivity index (χ0v) is 15.9. The molecule has 2 aromatic rings. The highest BCUT2D eigenvalue weighted by molar-refractivity contribution is 5.79. The van der Waals surface area contributed by atoms with E-state index in [1.54, 1.807) is 0 Å². The number of ether oxygens (including phenoxy) is 1. The molecule has 1 aliphatic heterocycles. The van der Waals surface area contributed by atoms with Crippen LogP contribution in [0.4, 0.5) is 4.79 Å². The van der Waals surface area contributed by atoms with Gasteiger partial charge in [-0.25, -0.2) is 4.79 Å². The van der Waals surface area contributed by atoms with Crippen molar-refractivity contribution in [1.29, 1.82) is 0 Å². The van der Waals surface area contributed by atoms with E-state index in [1.165, 1.54) is 0 Å². The van der Waals surface area contributed by atoms with Crippen LogP contribution in [0.3, 0.4) is 0 Å². The smallest absolute Gasteiger partial charge is 0.312 e. The average molecular weight is 382 g/mol. The van der Waals surface area contributed by atoms with Crippen molar-refractivity contribution in [2.75, 3.05) is 19.6 Å². The van der Waals surface area contributed by atoms with Gasteiger partial charge in [-0.2, -0.15) is 0 Å². The maximum absolute atomic E-state index is 12.8. The summed E-state index contributed by atoms with van der Waals surface area (Å²) in [7, 11) is 0. The summed E-state index contributed by atoms with van der Waals surface area (Å²) in [5, 5.41) is 5.96. The number of carbonyl (C=O) groups is 2. The fourth-order valence-corrected chi connectivity index (χ4v) is 3.35. The molecule has 0 aromatic heterocycles. The molecule has 7 heteroatoms. The third-order valence-corrected chi connectivity index (χ3v) is 4.76. The molecule has 0 bridgehead atoms. The fraction of sp³-hybridized carbons (Fsp3) is 0.333. The zero-order chi connectivity index (χ0) is 19.9.